The second-order valence-electron chi connectivity index (χ2n) is 8.79. The maximum Gasteiger partial charge on any atom is 0.272 e. The first kappa shape index (κ1) is 19.2. The fourth-order valence-electron chi connectivity index (χ4n) is 5.01. The number of fused-ring (bicyclic) bond motifs is 3. The van der Waals surface area contributed by atoms with Crippen molar-refractivity contribution in [3.63, 3.8) is 0 Å². The van der Waals surface area contributed by atoms with E-state index < -0.39 is 0 Å². The van der Waals surface area contributed by atoms with E-state index in [0.29, 0.717) is 5.82 Å². The molecule has 164 valence electrons. The fourth-order valence-corrected chi connectivity index (χ4v) is 5.01. The molecule has 9 heteroatoms. The molecule has 0 saturated carbocycles. The van der Waals surface area contributed by atoms with Crippen LogP contribution in [0.15, 0.2) is 41.0 Å². The minimum atomic E-state index is -0.0793. The van der Waals surface area contributed by atoms with Crippen molar-refractivity contribution in [1.29, 1.82) is 0 Å². The van der Waals surface area contributed by atoms with Gasteiger partial charge in [0, 0.05) is 56.1 Å². The van der Waals surface area contributed by atoms with Crippen molar-refractivity contribution < 1.29 is 0 Å². The van der Waals surface area contributed by atoms with Gasteiger partial charge in [0.15, 0.2) is 5.82 Å². The van der Waals surface area contributed by atoms with Crippen LogP contribution in [0.1, 0.15) is 36.1 Å². The number of hydrogen-bond acceptors (Lipinski definition) is 7. The molecule has 32 heavy (non-hydrogen) atoms. The van der Waals surface area contributed by atoms with Crippen LogP contribution >= 0.6 is 0 Å². The predicted octanol–water partition coefficient (Wildman–Crippen LogP) is 2.03. The number of nitrogens with zero attached hydrogens (tertiary/aromatic N) is 7. The Morgan fingerprint density at radius 3 is 2.97 bits per heavy atom. The third-order valence-electron chi connectivity index (χ3n) is 6.57. The number of hydrogen-bond donors (Lipinski definition) is 1. The number of pyridine rings is 1. The van der Waals surface area contributed by atoms with Crippen LogP contribution in [0.2, 0.25) is 0 Å². The third-order valence-corrected chi connectivity index (χ3v) is 6.57. The van der Waals surface area contributed by atoms with Crippen molar-refractivity contribution in [1.82, 2.24) is 29.3 Å². The lowest BCUT2D eigenvalue weighted by Gasteiger charge is -2.39. The fraction of sp³-hybridized carbons (Fsp3) is 0.391. The zero-order valence-electron chi connectivity index (χ0n) is 18.3. The first-order chi connectivity index (χ1) is 15.6. The first-order valence-corrected chi connectivity index (χ1v) is 11.1. The maximum atomic E-state index is 12.5. The van der Waals surface area contributed by atoms with Gasteiger partial charge in [0.1, 0.15) is 12.0 Å². The van der Waals surface area contributed by atoms with Gasteiger partial charge >= 0.3 is 0 Å². The van der Waals surface area contributed by atoms with Gasteiger partial charge in [-0.1, -0.05) is 0 Å². The molecule has 0 aliphatic carbocycles. The lowest BCUT2D eigenvalue weighted by atomic mass is 10.0. The summed E-state index contributed by atoms with van der Waals surface area (Å²) in [7, 11) is 0. The van der Waals surface area contributed by atoms with Crippen LogP contribution in [-0.4, -0.2) is 48.6 Å². The van der Waals surface area contributed by atoms with Crippen molar-refractivity contribution in [3.05, 3.63) is 69.3 Å². The van der Waals surface area contributed by atoms with Gasteiger partial charge in [-0.25, -0.2) is 14.3 Å². The van der Waals surface area contributed by atoms with E-state index in [1.807, 2.05) is 25.4 Å². The Morgan fingerprint density at radius 2 is 2.06 bits per heavy atom. The second-order valence-corrected chi connectivity index (χ2v) is 8.79. The van der Waals surface area contributed by atoms with Crippen LogP contribution < -0.4 is 15.9 Å². The third kappa shape index (κ3) is 3.12. The summed E-state index contributed by atoms with van der Waals surface area (Å²) < 4.78 is 3.62. The van der Waals surface area contributed by atoms with Gasteiger partial charge in [-0.3, -0.25) is 20.1 Å². The molecule has 0 fully saturated rings. The summed E-state index contributed by atoms with van der Waals surface area (Å²) in [6.07, 6.45) is 7.75. The highest BCUT2D eigenvalue weighted by Crippen LogP contribution is 2.31. The van der Waals surface area contributed by atoms with E-state index in [0.717, 1.165) is 67.5 Å². The molecule has 3 aromatic rings. The maximum absolute atomic E-state index is 12.5. The van der Waals surface area contributed by atoms with Gasteiger partial charge < -0.3 is 4.90 Å². The second kappa shape index (κ2) is 7.30. The number of aryl methyl sites for hydroxylation is 2. The van der Waals surface area contributed by atoms with Crippen LogP contribution in [-0.2, 0) is 19.5 Å². The number of nitrogens with one attached hydrogen (secondary N) is 1. The van der Waals surface area contributed by atoms with E-state index >= 15 is 0 Å². The summed E-state index contributed by atoms with van der Waals surface area (Å²) >= 11 is 0. The standard InChI is InChI=1S/C23H26N8O/c1-15-10-20-26-16(2)11-22(32)31(20)27-23(15)28-9-5-19-17(14-28)12-18(13-24-19)29-7-3-8-30-21(29)4-6-25-30/h4,6,10-13,23,27H,3,5,7-9,14H2,1-2H3. The molecule has 9 nitrogen and oxygen atoms in total. The van der Waals surface area contributed by atoms with Gasteiger partial charge in [-0.05, 0) is 43.5 Å². The molecular formula is C23H26N8O. The minimum Gasteiger partial charge on any atom is -0.325 e. The first-order valence-electron chi connectivity index (χ1n) is 11.1. The molecular weight excluding hydrogens is 404 g/mol. The van der Waals surface area contributed by atoms with Crippen molar-refractivity contribution >= 4 is 17.6 Å². The van der Waals surface area contributed by atoms with Gasteiger partial charge in [0.2, 0.25) is 0 Å². The average molecular weight is 431 g/mol. The molecule has 1 N–H and O–H groups in total. The van der Waals surface area contributed by atoms with E-state index in [4.69, 9.17) is 4.98 Å². The Labute approximate surface area is 186 Å². The summed E-state index contributed by atoms with van der Waals surface area (Å²) in [6.45, 7) is 7.51. The highest BCUT2D eigenvalue weighted by molar-refractivity contribution is 5.61. The van der Waals surface area contributed by atoms with E-state index in [1.165, 1.54) is 5.56 Å². The molecule has 0 radical (unpaired) electrons. The lowest BCUT2D eigenvalue weighted by molar-refractivity contribution is 0.205. The van der Waals surface area contributed by atoms with Crippen LogP contribution in [0.4, 0.5) is 11.5 Å². The summed E-state index contributed by atoms with van der Waals surface area (Å²) in [6, 6.07) is 5.90. The molecule has 0 saturated heterocycles. The zero-order valence-corrected chi connectivity index (χ0v) is 18.3. The molecule has 0 aromatic carbocycles. The summed E-state index contributed by atoms with van der Waals surface area (Å²) in [5.41, 5.74) is 8.69. The molecule has 6 rings (SSSR count). The van der Waals surface area contributed by atoms with Crippen molar-refractivity contribution in [2.75, 3.05) is 23.4 Å². The smallest absolute Gasteiger partial charge is 0.272 e. The Bertz CT molecular complexity index is 1290. The van der Waals surface area contributed by atoms with Crippen LogP contribution in [0.3, 0.4) is 0 Å². The van der Waals surface area contributed by atoms with Crippen LogP contribution in [0.5, 0.6) is 0 Å². The molecule has 0 spiro atoms. The highest BCUT2D eigenvalue weighted by Gasteiger charge is 2.29. The molecule has 3 aromatic heterocycles. The number of anilines is 2. The van der Waals surface area contributed by atoms with E-state index in [-0.39, 0.29) is 11.7 Å². The molecule has 6 heterocycles. The normalized spacial score (nSPS) is 20.1. The zero-order chi connectivity index (χ0) is 21.8. The molecule has 0 bridgehead atoms. The monoisotopic (exact) mass is 430 g/mol. The summed E-state index contributed by atoms with van der Waals surface area (Å²) in [5, 5.41) is 4.43. The Balaban J connectivity index is 1.29. The quantitative estimate of drug-likeness (QED) is 0.666. The van der Waals surface area contributed by atoms with Crippen molar-refractivity contribution in [3.8, 4) is 0 Å². The van der Waals surface area contributed by atoms with Gasteiger partial charge in [0.25, 0.3) is 5.56 Å². The van der Waals surface area contributed by atoms with Gasteiger partial charge in [-0.15, -0.1) is 0 Å². The lowest BCUT2D eigenvalue weighted by Crippen LogP contribution is -2.51. The van der Waals surface area contributed by atoms with Crippen LogP contribution in [0, 0.1) is 6.92 Å². The average Bonchev–Trinajstić information content (AvgIpc) is 3.27. The Kier molecular flexibility index (Phi) is 4.39. The van der Waals surface area contributed by atoms with Crippen molar-refractivity contribution in [2.45, 2.75) is 45.9 Å². The largest absolute Gasteiger partial charge is 0.325 e. The minimum absolute atomic E-state index is 0.0575. The predicted molar refractivity (Wildman–Crippen MR) is 122 cm³/mol. The molecule has 3 aliphatic heterocycles. The number of aromatic nitrogens is 5. The van der Waals surface area contributed by atoms with Gasteiger partial charge in [-0.2, -0.15) is 5.10 Å². The molecule has 1 atom stereocenters. The van der Waals surface area contributed by atoms with Crippen molar-refractivity contribution in [2.24, 2.45) is 0 Å². The van der Waals surface area contributed by atoms with E-state index in [2.05, 4.69) is 49.0 Å². The number of rotatable bonds is 2. The Hall–Kier alpha value is -3.46. The highest BCUT2D eigenvalue weighted by atomic mass is 16.1. The Morgan fingerprint density at radius 1 is 1.16 bits per heavy atom. The SMILES string of the molecule is CC1=Cc2nc(C)cc(=O)n2NC1N1CCc2ncc(N3CCCn4nccc43)cc2C1. The molecule has 3 aliphatic rings. The van der Waals surface area contributed by atoms with E-state index in [1.54, 1.807) is 10.7 Å². The van der Waals surface area contributed by atoms with Crippen LogP contribution in [0.25, 0.3) is 6.08 Å². The van der Waals surface area contributed by atoms with Gasteiger partial charge in [0.05, 0.1) is 18.1 Å². The topological polar surface area (TPSA) is 84.1 Å². The molecule has 0 amide bonds. The summed E-state index contributed by atoms with van der Waals surface area (Å²) in [4.78, 5) is 26.5. The van der Waals surface area contributed by atoms with E-state index in [9.17, 15) is 4.79 Å². The molecule has 1 unspecified atom stereocenters. The summed E-state index contributed by atoms with van der Waals surface area (Å²) in [5.74, 6) is 1.78.